The molecule has 1 atom stereocenters. The Labute approximate surface area is 105 Å². The van der Waals surface area contributed by atoms with Gasteiger partial charge >= 0.3 is 0 Å². The Kier molecular flexibility index (Phi) is 4.28. The lowest BCUT2D eigenvalue weighted by Crippen LogP contribution is -2.32. The van der Waals surface area contributed by atoms with E-state index in [1.807, 2.05) is 0 Å². The topological polar surface area (TPSA) is 125 Å². The molecule has 8 heteroatoms. The van der Waals surface area contributed by atoms with Crippen molar-refractivity contribution in [1.29, 1.82) is 0 Å². The minimum Gasteiger partial charge on any atom is -0.495 e. The molecule has 7 nitrogen and oxygen atoms in total. The summed E-state index contributed by atoms with van der Waals surface area (Å²) in [5, 5.41) is 7.47. The first kappa shape index (κ1) is 14.4. The minimum absolute atomic E-state index is 0.122. The van der Waals surface area contributed by atoms with Gasteiger partial charge in [0, 0.05) is 0 Å². The second-order valence-corrected chi connectivity index (χ2v) is 5.25. The van der Waals surface area contributed by atoms with Crippen LogP contribution in [0.4, 0.5) is 5.69 Å². The van der Waals surface area contributed by atoms with Crippen LogP contribution in [0, 0.1) is 0 Å². The van der Waals surface area contributed by atoms with Crippen molar-refractivity contribution in [3.8, 4) is 5.75 Å². The quantitative estimate of drug-likeness (QED) is 0.690. The third-order valence-electron chi connectivity index (χ3n) is 2.17. The van der Waals surface area contributed by atoms with Gasteiger partial charge in [-0.3, -0.25) is 4.79 Å². The SMILES string of the molecule is COc1ccc(S(N)(=O)=O)cc1NC(=O)C(C)N. The summed E-state index contributed by atoms with van der Waals surface area (Å²) in [4.78, 5) is 11.3. The standard InChI is InChI=1S/C10H15N3O4S/c1-6(11)10(14)13-8-5-7(18(12,15)16)3-4-9(8)17-2/h3-6H,11H2,1-2H3,(H,13,14)(H2,12,15,16). The maximum Gasteiger partial charge on any atom is 0.241 e. The van der Waals surface area contributed by atoms with E-state index in [-0.39, 0.29) is 10.6 Å². The Hall–Kier alpha value is -1.64. The maximum atomic E-state index is 11.5. The summed E-state index contributed by atoms with van der Waals surface area (Å²) in [5.41, 5.74) is 5.60. The van der Waals surface area contributed by atoms with Crippen molar-refractivity contribution in [3.05, 3.63) is 18.2 Å². The van der Waals surface area contributed by atoms with Crippen LogP contribution in [0.25, 0.3) is 0 Å². The highest BCUT2D eigenvalue weighted by Crippen LogP contribution is 2.27. The second kappa shape index (κ2) is 5.34. The van der Waals surface area contributed by atoms with Crippen molar-refractivity contribution in [3.63, 3.8) is 0 Å². The molecule has 0 heterocycles. The summed E-state index contributed by atoms with van der Waals surface area (Å²) >= 11 is 0. The number of hydrogen-bond acceptors (Lipinski definition) is 5. The van der Waals surface area contributed by atoms with E-state index in [1.165, 1.54) is 32.2 Å². The average Bonchev–Trinajstić information content (AvgIpc) is 2.27. The summed E-state index contributed by atoms with van der Waals surface area (Å²) in [7, 11) is -2.45. The van der Waals surface area contributed by atoms with Crippen LogP contribution in [0.15, 0.2) is 23.1 Å². The molecule has 0 saturated carbocycles. The maximum absolute atomic E-state index is 11.5. The van der Waals surface area contributed by atoms with Crippen LogP contribution in [0.2, 0.25) is 0 Å². The van der Waals surface area contributed by atoms with Crippen molar-refractivity contribution in [2.24, 2.45) is 10.9 Å². The first-order valence-electron chi connectivity index (χ1n) is 5.03. The van der Waals surface area contributed by atoms with Gasteiger partial charge in [-0.25, -0.2) is 13.6 Å². The number of sulfonamides is 1. The second-order valence-electron chi connectivity index (χ2n) is 3.69. The molecule has 1 rings (SSSR count). The molecule has 0 aliphatic rings. The zero-order valence-corrected chi connectivity index (χ0v) is 10.8. The number of nitrogens with one attached hydrogen (secondary N) is 1. The van der Waals surface area contributed by atoms with Crippen LogP contribution in [0.1, 0.15) is 6.92 Å². The van der Waals surface area contributed by atoms with Crippen molar-refractivity contribution in [1.82, 2.24) is 0 Å². The Morgan fingerprint density at radius 1 is 1.44 bits per heavy atom. The predicted octanol–water partition coefficient (Wildman–Crippen LogP) is -0.372. The molecule has 0 spiro atoms. The highest BCUT2D eigenvalue weighted by molar-refractivity contribution is 7.89. The third-order valence-corrected chi connectivity index (χ3v) is 3.08. The number of carbonyl (C=O) groups is 1. The number of amides is 1. The van der Waals surface area contributed by atoms with E-state index in [1.54, 1.807) is 0 Å². The molecule has 0 aromatic heterocycles. The molecular weight excluding hydrogens is 258 g/mol. The molecule has 1 unspecified atom stereocenters. The van der Waals surface area contributed by atoms with Crippen molar-refractivity contribution >= 4 is 21.6 Å². The molecule has 0 bridgehead atoms. The van der Waals surface area contributed by atoms with Crippen LogP contribution < -0.4 is 20.9 Å². The first-order chi connectivity index (χ1) is 8.25. The number of hydrogen-bond donors (Lipinski definition) is 3. The summed E-state index contributed by atoms with van der Waals surface area (Å²) in [5.74, 6) is -0.142. The Morgan fingerprint density at radius 3 is 2.50 bits per heavy atom. The summed E-state index contributed by atoms with van der Waals surface area (Å²) < 4.78 is 27.4. The monoisotopic (exact) mass is 273 g/mol. The lowest BCUT2D eigenvalue weighted by molar-refractivity contribution is -0.117. The molecular formula is C10H15N3O4S. The molecule has 0 radical (unpaired) electrons. The Balaban J connectivity index is 3.19. The van der Waals surface area contributed by atoms with Crippen molar-refractivity contribution in [2.45, 2.75) is 17.9 Å². The van der Waals surface area contributed by atoms with Crippen LogP contribution in [-0.2, 0) is 14.8 Å². The van der Waals surface area contributed by atoms with E-state index in [2.05, 4.69) is 5.32 Å². The predicted molar refractivity (Wildman–Crippen MR) is 66.6 cm³/mol. The fraction of sp³-hybridized carbons (Fsp3) is 0.300. The Morgan fingerprint density at radius 2 is 2.06 bits per heavy atom. The van der Waals surface area contributed by atoms with Crippen LogP contribution >= 0.6 is 0 Å². The summed E-state index contributed by atoms with van der Waals surface area (Å²) in [6, 6.07) is 3.17. The van der Waals surface area contributed by atoms with E-state index in [4.69, 9.17) is 15.6 Å². The molecule has 0 aliphatic carbocycles. The average molecular weight is 273 g/mol. The van der Waals surface area contributed by atoms with Gasteiger partial charge < -0.3 is 15.8 Å². The van der Waals surface area contributed by atoms with E-state index in [0.29, 0.717) is 5.75 Å². The molecule has 0 aliphatic heterocycles. The van der Waals surface area contributed by atoms with Crippen LogP contribution in [-0.4, -0.2) is 27.5 Å². The van der Waals surface area contributed by atoms with E-state index in [0.717, 1.165) is 0 Å². The highest BCUT2D eigenvalue weighted by Gasteiger charge is 2.15. The minimum atomic E-state index is -3.84. The first-order valence-corrected chi connectivity index (χ1v) is 6.57. The van der Waals surface area contributed by atoms with E-state index in [9.17, 15) is 13.2 Å². The molecule has 18 heavy (non-hydrogen) atoms. The van der Waals surface area contributed by atoms with Crippen molar-refractivity contribution < 1.29 is 17.9 Å². The van der Waals surface area contributed by atoms with Gasteiger partial charge in [-0.1, -0.05) is 0 Å². The van der Waals surface area contributed by atoms with Gasteiger partial charge in [0.25, 0.3) is 0 Å². The van der Waals surface area contributed by atoms with Crippen molar-refractivity contribution in [2.75, 3.05) is 12.4 Å². The molecule has 1 aromatic rings. The summed E-state index contributed by atoms with van der Waals surface area (Å²) in [6.45, 7) is 1.51. The molecule has 1 aromatic carbocycles. The zero-order valence-electron chi connectivity index (χ0n) is 10.0. The number of rotatable bonds is 4. The fourth-order valence-electron chi connectivity index (χ4n) is 1.21. The highest BCUT2D eigenvalue weighted by atomic mass is 32.2. The van der Waals surface area contributed by atoms with Gasteiger partial charge in [0.15, 0.2) is 0 Å². The number of nitrogens with two attached hydrogens (primary N) is 2. The van der Waals surface area contributed by atoms with Crippen LogP contribution in [0.3, 0.4) is 0 Å². The number of anilines is 1. The number of benzene rings is 1. The van der Waals surface area contributed by atoms with Gasteiger partial charge in [0.2, 0.25) is 15.9 Å². The molecule has 0 saturated heterocycles. The van der Waals surface area contributed by atoms with Gasteiger partial charge in [0.05, 0.1) is 23.7 Å². The van der Waals surface area contributed by atoms with Gasteiger partial charge in [-0.05, 0) is 25.1 Å². The van der Waals surface area contributed by atoms with Gasteiger partial charge in [-0.2, -0.15) is 0 Å². The molecule has 100 valence electrons. The lowest BCUT2D eigenvalue weighted by Gasteiger charge is -2.12. The normalized spacial score (nSPS) is 12.9. The van der Waals surface area contributed by atoms with E-state index >= 15 is 0 Å². The number of ether oxygens (including phenoxy) is 1. The van der Waals surface area contributed by atoms with E-state index < -0.39 is 22.0 Å². The fourth-order valence-corrected chi connectivity index (χ4v) is 1.75. The smallest absolute Gasteiger partial charge is 0.241 e. The largest absolute Gasteiger partial charge is 0.495 e. The molecule has 0 fully saturated rings. The number of methoxy groups -OCH3 is 1. The van der Waals surface area contributed by atoms with Gasteiger partial charge in [0.1, 0.15) is 5.75 Å². The summed E-state index contributed by atoms with van der Waals surface area (Å²) in [6.07, 6.45) is 0. The lowest BCUT2D eigenvalue weighted by atomic mass is 10.2. The Bertz CT molecular complexity index is 554. The molecule has 1 amide bonds. The number of primary sulfonamides is 1. The zero-order chi connectivity index (χ0) is 13.9. The molecule has 5 N–H and O–H groups in total. The number of carbonyl (C=O) groups excluding carboxylic acids is 1. The van der Waals surface area contributed by atoms with Crippen LogP contribution in [0.5, 0.6) is 5.75 Å². The van der Waals surface area contributed by atoms with Gasteiger partial charge in [-0.15, -0.1) is 0 Å². The third kappa shape index (κ3) is 3.42.